The van der Waals surface area contributed by atoms with Crippen molar-refractivity contribution in [2.24, 2.45) is 0 Å². The van der Waals surface area contributed by atoms with Crippen LogP contribution >= 0.6 is 0 Å². The molecule has 0 spiro atoms. The minimum Gasteiger partial charge on any atom is -0.382 e. The van der Waals surface area contributed by atoms with E-state index in [1.54, 1.807) is 7.11 Å². The van der Waals surface area contributed by atoms with Gasteiger partial charge in [0.2, 0.25) is 0 Å². The highest BCUT2D eigenvalue weighted by molar-refractivity contribution is 4.80. The molecule has 1 heterocycles. The first-order chi connectivity index (χ1) is 8.74. The molecule has 0 atom stereocenters. The number of hydrogen-bond donors (Lipinski definition) is 1. The average Bonchev–Trinajstić information content (AvgIpc) is 2.78. The second-order valence-corrected chi connectivity index (χ2v) is 4.31. The van der Waals surface area contributed by atoms with Crippen LogP contribution in [0.25, 0.3) is 0 Å². The second-order valence-electron chi connectivity index (χ2n) is 4.31. The molecule has 1 rings (SSSR count). The normalized spacial score (nSPS) is 11.3. The SMILES string of the molecule is COCCOCCCn1nnnc1CNC(C)C. The van der Waals surface area contributed by atoms with Crippen LogP contribution in [-0.2, 0) is 22.6 Å². The summed E-state index contributed by atoms with van der Waals surface area (Å²) in [5.41, 5.74) is 0. The fourth-order valence-corrected chi connectivity index (χ4v) is 1.38. The molecule has 1 aromatic heterocycles. The Morgan fingerprint density at radius 3 is 2.83 bits per heavy atom. The lowest BCUT2D eigenvalue weighted by Gasteiger charge is -2.08. The average molecular weight is 257 g/mol. The van der Waals surface area contributed by atoms with Crippen LogP contribution in [0, 0.1) is 0 Å². The summed E-state index contributed by atoms with van der Waals surface area (Å²) in [5, 5.41) is 14.9. The zero-order chi connectivity index (χ0) is 13.2. The number of hydrogen-bond acceptors (Lipinski definition) is 6. The maximum atomic E-state index is 5.39. The summed E-state index contributed by atoms with van der Waals surface area (Å²) in [6.45, 7) is 7.61. The van der Waals surface area contributed by atoms with Gasteiger partial charge < -0.3 is 14.8 Å². The Morgan fingerprint density at radius 1 is 1.28 bits per heavy atom. The first kappa shape index (κ1) is 15.0. The largest absolute Gasteiger partial charge is 0.382 e. The fraction of sp³-hybridized carbons (Fsp3) is 0.909. The molecule has 0 aliphatic carbocycles. The third-order valence-electron chi connectivity index (χ3n) is 2.36. The van der Waals surface area contributed by atoms with Gasteiger partial charge in [0.25, 0.3) is 0 Å². The summed E-state index contributed by atoms with van der Waals surface area (Å²) < 4.78 is 12.1. The third-order valence-corrected chi connectivity index (χ3v) is 2.36. The number of aryl methyl sites for hydroxylation is 1. The first-order valence-electron chi connectivity index (χ1n) is 6.29. The van der Waals surface area contributed by atoms with Gasteiger partial charge in [-0.15, -0.1) is 5.10 Å². The van der Waals surface area contributed by atoms with Crippen LogP contribution < -0.4 is 5.32 Å². The van der Waals surface area contributed by atoms with E-state index in [0.717, 1.165) is 18.8 Å². The first-order valence-corrected chi connectivity index (χ1v) is 6.29. The number of nitrogens with one attached hydrogen (secondary N) is 1. The van der Waals surface area contributed by atoms with E-state index >= 15 is 0 Å². The van der Waals surface area contributed by atoms with Crippen molar-refractivity contribution < 1.29 is 9.47 Å². The van der Waals surface area contributed by atoms with Crippen LogP contribution in [0.4, 0.5) is 0 Å². The van der Waals surface area contributed by atoms with Gasteiger partial charge in [-0.2, -0.15) is 0 Å². The van der Waals surface area contributed by atoms with Crippen molar-refractivity contribution in [3.63, 3.8) is 0 Å². The Bertz CT molecular complexity index is 316. The Morgan fingerprint density at radius 2 is 2.11 bits per heavy atom. The molecule has 1 aromatic rings. The summed E-state index contributed by atoms with van der Waals surface area (Å²) >= 11 is 0. The second kappa shape index (κ2) is 8.96. The van der Waals surface area contributed by atoms with E-state index in [-0.39, 0.29) is 0 Å². The van der Waals surface area contributed by atoms with E-state index in [0.29, 0.717) is 32.4 Å². The molecule has 0 aliphatic heterocycles. The molecular formula is C11H23N5O2. The van der Waals surface area contributed by atoms with Gasteiger partial charge in [-0.05, 0) is 16.8 Å². The van der Waals surface area contributed by atoms with Crippen molar-refractivity contribution in [1.82, 2.24) is 25.5 Å². The molecular weight excluding hydrogens is 234 g/mol. The summed E-state index contributed by atoms with van der Waals surface area (Å²) in [4.78, 5) is 0. The summed E-state index contributed by atoms with van der Waals surface area (Å²) in [7, 11) is 1.67. The number of aromatic nitrogens is 4. The molecule has 0 aromatic carbocycles. The van der Waals surface area contributed by atoms with Gasteiger partial charge in [-0.3, -0.25) is 0 Å². The number of rotatable bonds is 10. The Balaban J connectivity index is 2.19. The zero-order valence-electron chi connectivity index (χ0n) is 11.4. The number of ether oxygens (including phenoxy) is 2. The van der Waals surface area contributed by atoms with Crippen molar-refractivity contribution >= 4 is 0 Å². The highest BCUT2D eigenvalue weighted by Gasteiger charge is 2.05. The summed E-state index contributed by atoms with van der Waals surface area (Å²) in [5.74, 6) is 0.862. The standard InChI is InChI=1S/C11H23N5O2/c1-10(2)12-9-11-13-14-15-16(11)5-4-6-18-8-7-17-3/h10,12H,4-9H2,1-3H3. The summed E-state index contributed by atoms with van der Waals surface area (Å²) in [6, 6.07) is 0.424. The zero-order valence-corrected chi connectivity index (χ0v) is 11.4. The van der Waals surface area contributed by atoms with Gasteiger partial charge in [-0.25, -0.2) is 4.68 Å². The quantitative estimate of drug-likeness (QED) is 0.605. The van der Waals surface area contributed by atoms with Gasteiger partial charge >= 0.3 is 0 Å². The van der Waals surface area contributed by atoms with Crippen LogP contribution in [0.15, 0.2) is 0 Å². The highest BCUT2D eigenvalue weighted by atomic mass is 16.5. The number of nitrogens with zero attached hydrogens (tertiary/aromatic N) is 4. The van der Waals surface area contributed by atoms with Crippen molar-refractivity contribution in [1.29, 1.82) is 0 Å². The van der Waals surface area contributed by atoms with Crippen LogP contribution in [0.2, 0.25) is 0 Å². The van der Waals surface area contributed by atoms with Crippen LogP contribution in [0.3, 0.4) is 0 Å². The lowest BCUT2D eigenvalue weighted by Crippen LogP contribution is -2.24. The lowest BCUT2D eigenvalue weighted by atomic mass is 10.4. The maximum absolute atomic E-state index is 5.39. The van der Waals surface area contributed by atoms with E-state index in [9.17, 15) is 0 Å². The van der Waals surface area contributed by atoms with Crippen LogP contribution in [0.5, 0.6) is 0 Å². The molecule has 0 fully saturated rings. The molecule has 0 bridgehead atoms. The minimum atomic E-state index is 0.424. The highest BCUT2D eigenvalue weighted by Crippen LogP contribution is 1.96. The van der Waals surface area contributed by atoms with Gasteiger partial charge in [0.15, 0.2) is 5.82 Å². The molecule has 18 heavy (non-hydrogen) atoms. The molecule has 1 N–H and O–H groups in total. The lowest BCUT2D eigenvalue weighted by molar-refractivity contribution is 0.0675. The third kappa shape index (κ3) is 6.04. The van der Waals surface area contributed by atoms with E-state index in [1.165, 1.54) is 0 Å². The maximum Gasteiger partial charge on any atom is 0.165 e. The van der Waals surface area contributed by atoms with E-state index in [4.69, 9.17) is 9.47 Å². The molecule has 7 heteroatoms. The van der Waals surface area contributed by atoms with E-state index in [2.05, 4.69) is 34.7 Å². The van der Waals surface area contributed by atoms with Crippen molar-refractivity contribution in [3.8, 4) is 0 Å². The van der Waals surface area contributed by atoms with E-state index < -0.39 is 0 Å². The predicted octanol–water partition coefficient (Wildman–Crippen LogP) is 0.224. The van der Waals surface area contributed by atoms with Crippen molar-refractivity contribution in [2.75, 3.05) is 26.9 Å². The van der Waals surface area contributed by atoms with Crippen molar-refractivity contribution in [2.45, 2.75) is 39.4 Å². The molecule has 0 saturated carbocycles. The van der Waals surface area contributed by atoms with Crippen LogP contribution in [0.1, 0.15) is 26.1 Å². The Labute approximate surface area is 108 Å². The van der Waals surface area contributed by atoms with Gasteiger partial charge in [0.05, 0.1) is 19.8 Å². The molecule has 0 unspecified atom stereocenters. The molecule has 104 valence electrons. The molecule has 0 aliphatic rings. The number of methoxy groups -OCH3 is 1. The predicted molar refractivity (Wildman–Crippen MR) is 67.1 cm³/mol. The van der Waals surface area contributed by atoms with Crippen molar-refractivity contribution in [3.05, 3.63) is 5.82 Å². The van der Waals surface area contributed by atoms with Gasteiger partial charge in [-0.1, -0.05) is 13.8 Å². The smallest absolute Gasteiger partial charge is 0.165 e. The van der Waals surface area contributed by atoms with E-state index in [1.807, 2.05) is 4.68 Å². The Kier molecular flexibility index (Phi) is 7.47. The summed E-state index contributed by atoms with van der Waals surface area (Å²) in [6.07, 6.45) is 0.892. The van der Waals surface area contributed by atoms with Gasteiger partial charge in [0, 0.05) is 26.3 Å². The van der Waals surface area contributed by atoms with Crippen LogP contribution in [-0.4, -0.2) is 53.2 Å². The number of tetrazole rings is 1. The van der Waals surface area contributed by atoms with Gasteiger partial charge in [0.1, 0.15) is 0 Å². The topological polar surface area (TPSA) is 74.1 Å². The Hall–Kier alpha value is -1.05. The molecule has 0 saturated heterocycles. The molecule has 7 nitrogen and oxygen atoms in total. The minimum absolute atomic E-state index is 0.424. The monoisotopic (exact) mass is 257 g/mol. The molecule has 0 radical (unpaired) electrons. The fourth-order valence-electron chi connectivity index (χ4n) is 1.38. The molecule has 0 amide bonds.